The van der Waals surface area contributed by atoms with Gasteiger partial charge in [0.25, 0.3) is 0 Å². The molecule has 132 valence electrons. The molecule has 2 aromatic rings. The van der Waals surface area contributed by atoms with Crippen LogP contribution in [0.3, 0.4) is 0 Å². The van der Waals surface area contributed by atoms with Crippen molar-refractivity contribution in [1.29, 1.82) is 0 Å². The number of thiophene rings is 1. The topological polar surface area (TPSA) is 92.7 Å². The maximum atomic E-state index is 12.2. The molecule has 0 saturated heterocycles. The lowest BCUT2D eigenvalue weighted by Gasteiger charge is -2.07. The van der Waals surface area contributed by atoms with Crippen LogP contribution in [0, 0.1) is 13.8 Å². The molecule has 0 bridgehead atoms. The Morgan fingerprint density at radius 2 is 1.80 bits per heavy atom. The van der Waals surface area contributed by atoms with Crippen LogP contribution in [0.15, 0.2) is 30.3 Å². The zero-order valence-electron chi connectivity index (χ0n) is 14.0. The van der Waals surface area contributed by atoms with Crippen LogP contribution in [0.5, 0.6) is 5.75 Å². The van der Waals surface area contributed by atoms with Crippen LogP contribution in [0.25, 0.3) is 0 Å². The molecule has 0 radical (unpaired) electrons. The first-order valence-corrected chi connectivity index (χ1v) is 8.51. The number of ether oxygens (including phenoxy) is 1. The van der Waals surface area contributed by atoms with Crippen LogP contribution in [-0.2, 0) is 9.59 Å². The van der Waals surface area contributed by atoms with Gasteiger partial charge in [-0.05, 0) is 44.2 Å². The van der Waals surface area contributed by atoms with E-state index in [1.165, 1.54) is 0 Å². The number of aryl methyl sites for hydroxylation is 2. The summed E-state index contributed by atoms with van der Waals surface area (Å²) in [6, 6.07) is 8.23. The van der Waals surface area contributed by atoms with Gasteiger partial charge < -0.3 is 15.2 Å². The van der Waals surface area contributed by atoms with Crippen LogP contribution < -0.4 is 10.1 Å². The summed E-state index contributed by atoms with van der Waals surface area (Å²) in [4.78, 5) is 36.6. The minimum atomic E-state index is -1.06. The normalized spacial score (nSPS) is 10.3. The van der Waals surface area contributed by atoms with E-state index in [9.17, 15) is 14.4 Å². The molecule has 0 aliphatic heterocycles. The smallest absolute Gasteiger partial charge is 0.341 e. The lowest BCUT2D eigenvalue weighted by atomic mass is 10.1. The number of carboxylic acids is 1. The van der Waals surface area contributed by atoms with Crippen molar-refractivity contribution in [3.63, 3.8) is 0 Å². The third-order valence-corrected chi connectivity index (χ3v) is 4.39. The van der Waals surface area contributed by atoms with E-state index in [0.717, 1.165) is 9.75 Å². The van der Waals surface area contributed by atoms with Gasteiger partial charge in [-0.25, -0.2) is 4.79 Å². The number of carbonyl (C=O) groups is 3. The van der Waals surface area contributed by atoms with Gasteiger partial charge in [0, 0.05) is 33.8 Å². The van der Waals surface area contributed by atoms with Gasteiger partial charge in [-0.3, -0.25) is 9.59 Å². The van der Waals surface area contributed by atoms with Crippen LogP contribution in [-0.4, -0.2) is 29.4 Å². The number of amides is 1. The molecule has 7 heteroatoms. The maximum Gasteiger partial charge on any atom is 0.341 e. The lowest BCUT2D eigenvalue weighted by molar-refractivity contribution is -0.139. The summed E-state index contributed by atoms with van der Waals surface area (Å²) in [6.07, 6.45) is 0.257. The summed E-state index contributed by atoms with van der Waals surface area (Å²) >= 11 is 1.57. The number of carbonyl (C=O) groups excluding carboxylic acids is 2. The van der Waals surface area contributed by atoms with Gasteiger partial charge in [0.05, 0.1) is 0 Å². The number of hydrogen-bond acceptors (Lipinski definition) is 5. The number of ketones is 1. The Bertz CT molecular complexity index is 779. The molecule has 1 aromatic carbocycles. The predicted octanol–water partition coefficient (Wildman–Crippen LogP) is 3.43. The van der Waals surface area contributed by atoms with Crippen molar-refractivity contribution in [3.8, 4) is 5.75 Å². The highest BCUT2D eigenvalue weighted by Crippen LogP contribution is 2.22. The van der Waals surface area contributed by atoms with Crippen LogP contribution in [0.4, 0.5) is 5.69 Å². The van der Waals surface area contributed by atoms with Gasteiger partial charge in [0.15, 0.2) is 12.4 Å². The third kappa shape index (κ3) is 5.72. The number of rotatable bonds is 8. The minimum absolute atomic E-state index is 0.0329. The summed E-state index contributed by atoms with van der Waals surface area (Å²) in [5.74, 6) is -0.941. The van der Waals surface area contributed by atoms with Crippen molar-refractivity contribution < 1.29 is 24.2 Å². The van der Waals surface area contributed by atoms with Crippen LogP contribution in [0.2, 0.25) is 0 Å². The van der Waals surface area contributed by atoms with Crippen LogP contribution >= 0.6 is 11.3 Å². The molecule has 2 rings (SSSR count). The molecule has 1 amide bonds. The fourth-order valence-corrected chi connectivity index (χ4v) is 3.21. The first kappa shape index (κ1) is 18.7. The molecule has 25 heavy (non-hydrogen) atoms. The first-order valence-electron chi connectivity index (χ1n) is 7.70. The number of aliphatic carboxylic acids is 1. The quantitative estimate of drug-likeness (QED) is 0.703. The summed E-state index contributed by atoms with van der Waals surface area (Å²) in [5.41, 5.74) is 1.25. The molecule has 0 saturated carbocycles. The second-order valence-corrected chi connectivity index (χ2v) is 6.97. The zero-order valence-corrected chi connectivity index (χ0v) is 14.8. The summed E-state index contributed by atoms with van der Waals surface area (Å²) < 4.78 is 5.01. The maximum absolute atomic E-state index is 12.2. The molecule has 0 spiro atoms. The van der Waals surface area contributed by atoms with Crippen molar-refractivity contribution in [2.45, 2.75) is 26.7 Å². The van der Waals surface area contributed by atoms with Crippen molar-refractivity contribution >= 4 is 34.7 Å². The Balaban J connectivity index is 1.82. The van der Waals surface area contributed by atoms with E-state index >= 15 is 0 Å². The number of hydrogen-bond donors (Lipinski definition) is 2. The van der Waals surface area contributed by atoms with Crippen molar-refractivity contribution in [2.24, 2.45) is 0 Å². The van der Waals surface area contributed by atoms with Crippen molar-refractivity contribution in [1.82, 2.24) is 0 Å². The highest BCUT2D eigenvalue weighted by molar-refractivity contribution is 7.12. The summed E-state index contributed by atoms with van der Waals surface area (Å²) in [7, 11) is 0. The van der Waals surface area contributed by atoms with Gasteiger partial charge in [-0.2, -0.15) is 0 Å². The zero-order chi connectivity index (χ0) is 18.4. The van der Waals surface area contributed by atoms with E-state index in [4.69, 9.17) is 9.84 Å². The first-order chi connectivity index (χ1) is 11.8. The largest absolute Gasteiger partial charge is 0.482 e. The molecule has 0 aliphatic rings. The molecule has 1 heterocycles. The minimum Gasteiger partial charge on any atom is -0.482 e. The van der Waals surface area contributed by atoms with E-state index < -0.39 is 12.6 Å². The van der Waals surface area contributed by atoms with E-state index in [1.54, 1.807) is 35.6 Å². The Labute approximate surface area is 149 Å². The number of carboxylic acid groups (broad SMARTS) is 1. The molecule has 6 nitrogen and oxygen atoms in total. The second-order valence-electron chi connectivity index (χ2n) is 5.51. The highest BCUT2D eigenvalue weighted by atomic mass is 32.1. The SMILES string of the molecule is Cc1cc(C(=O)CCC(=O)Nc2ccc(OCC(=O)O)cc2)c(C)s1. The molecule has 0 fully saturated rings. The number of anilines is 1. The Morgan fingerprint density at radius 3 is 2.36 bits per heavy atom. The van der Waals surface area contributed by atoms with Gasteiger partial charge in [-0.1, -0.05) is 0 Å². The molecule has 0 unspecified atom stereocenters. The number of benzene rings is 1. The summed E-state index contributed by atoms with van der Waals surface area (Å²) in [6.45, 7) is 3.43. The van der Waals surface area contributed by atoms with Gasteiger partial charge in [-0.15, -0.1) is 11.3 Å². The standard InChI is InChI=1S/C18H19NO5S/c1-11-9-15(12(2)25-11)16(20)7-8-17(21)19-13-3-5-14(6-4-13)24-10-18(22)23/h3-6,9H,7-8,10H2,1-2H3,(H,19,21)(H,22,23). The van der Waals surface area contributed by atoms with Gasteiger partial charge in [0.2, 0.25) is 5.91 Å². The fourth-order valence-electron chi connectivity index (χ4n) is 2.27. The van der Waals surface area contributed by atoms with Crippen molar-refractivity contribution in [3.05, 3.63) is 45.6 Å². The fraction of sp³-hybridized carbons (Fsp3) is 0.278. The second kappa shape index (κ2) is 8.43. The monoisotopic (exact) mass is 361 g/mol. The van der Waals surface area contributed by atoms with Gasteiger partial charge >= 0.3 is 5.97 Å². The van der Waals surface area contributed by atoms with E-state index in [0.29, 0.717) is 17.0 Å². The molecular weight excluding hydrogens is 342 g/mol. The number of Topliss-reactive ketones (excluding diaryl/α,β-unsaturated/α-hetero) is 1. The van der Waals surface area contributed by atoms with Gasteiger partial charge in [0.1, 0.15) is 5.75 Å². The third-order valence-electron chi connectivity index (χ3n) is 3.42. The molecule has 1 aromatic heterocycles. The average Bonchev–Trinajstić information content (AvgIpc) is 2.90. The summed E-state index contributed by atoms with van der Waals surface area (Å²) in [5, 5.41) is 11.2. The molecule has 2 N–H and O–H groups in total. The molecular formula is C18H19NO5S. The Kier molecular flexibility index (Phi) is 6.30. The van der Waals surface area contributed by atoms with E-state index in [-0.39, 0.29) is 24.5 Å². The lowest BCUT2D eigenvalue weighted by Crippen LogP contribution is -2.13. The van der Waals surface area contributed by atoms with E-state index in [2.05, 4.69) is 5.32 Å². The molecule has 0 atom stereocenters. The van der Waals surface area contributed by atoms with Crippen molar-refractivity contribution in [2.75, 3.05) is 11.9 Å². The average molecular weight is 361 g/mol. The molecule has 0 aliphatic carbocycles. The Morgan fingerprint density at radius 1 is 1.12 bits per heavy atom. The van der Waals surface area contributed by atoms with E-state index in [1.807, 2.05) is 19.9 Å². The van der Waals surface area contributed by atoms with Crippen LogP contribution in [0.1, 0.15) is 33.0 Å². The Hall–Kier alpha value is -2.67. The highest BCUT2D eigenvalue weighted by Gasteiger charge is 2.14. The number of nitrogens with one attached hydrogen (secondary N) is 1. The predicted molar refractivity (Wildman–Crippen MR) is 95.6 cm³/mol.